The van der Waals surface area contributed by atoms with Gasteiger partial charge in [-0.05, 0) is 24.8 Å². The molecule has 2 heterocycles. The molecule has 0 spiro atoms. The highest BCUT2D eigenvalue weighted by molar-refractivity contribution is 8.01. The van der Waals surface area contributed by atoms with E-state index in [9.17, 15) is 9.59 Å². The number of thiophene rings is 1. The number of amides is 1. The Kier molecular flexibility index (Phi) is 4.83. The van der Waals surface area contributed by atoms with E-state index < -0.39 is 5.97 Å². The highest BCUT2D eigenvalue weighted by atomic mass is 32.2. The summed E-state index contributed by atoms with van der Waals surface area (Å²) >= 11 is 3.95. The normalized spacial score (nSPS) is 12.9. The molecule has 10 heteroatoms. The molecular formula is C13H14N4O3S3. The molecule has 0 atom stereocenters. The number of ether oxygens (including phenoxy) is 1. The lowest BCUT2D eigenvalue weighted by Crippen LogP contribution is -2.16. The number of nitrogens with zero attached hydrogens (tertiary/aromatic N) is 2. The average Bonchev–Trinajstić information content (AvgIpc) is 3.20. The number of nitrogen functional groups attached to an aromatic ring is 1. The summed E-state index contributed by atoms with van der Waals surface area (Å²) in [4.78, 5) is 25.3. The molecule has 7 nitrogen and oxygen atoms in total. The van der Waals surface area contributed by atoms with Crippen LogP contribution in [0, 0.1) is 0 Å². The van der Waals surface area contributed by atoms with Crippen LogP contribution < -0.4 is 11.1 Å². The van der Waals surface area contributed by atoms with E-state index in [1.165, 1.54) is 41.5 Å². The van der Waals surface area contributed by atoms with E-state index >= 15 is 0 Å². The Morgan fingerprint density at radius 3 is 2.87 bits per heavy atom. The number of methoxy groups -OCH3 is 1. The van der Waals surface area contributed by atoms with E-state index in [0.717, 1.165) is 29.7 Å². The minimum absolute atomic E-state index is 0.178. The van der Waals surface area contributed by atoms with Crippen LogP contribution in [0.4, 0.5) is 10.1 Å². The molecule has 2 aromatic heterocycles. The van der Waals surface area contributed by atoms with Gasteiger partial charge in [0.1, 0.15) is 5.00 Å². The molecule has 23 heavy (non-hydrogen) atoms. The number of aryl methyl sites for hydroxylation is 1. The number of nitrogens with two attached hydrogens (primary N) is 1. The molecule has 0 radical (unpaired) electrons. The van der Waals surface area contributed by atoms with Crippen LogP contribution in [0.5, 0.6) is 0 Å². The number of nitrogens with one attached hydrogen (secondary N) is 1. The molecule has 1 amide bonds. The second kappa shape index (κ2) is 6.85. The largest absolute Gasteiger partial charge is 0.465 e. The molecule has 3 N–H and O–H groups in total. The number of carbonyl (C=O) groups is 2. The lowest BCUT2D eigenvalue weighted by Gasteiger charge is -2.06. The van der Waals surface area contributed by atoms with E-state index in [0.29, 0.717) is 20.0 Å². The Labute approximate surface area is 144 Å². The zero-order valence-corrected chi connectivity index (χ0v) is 14.7. The van der Waals surface area contributed by atoms with Gasteiger partial charge in [0.15, 0.2) is 4.34 Å². The van der Waals surface area contributed by atoms with Gasteiger partial charge in [0.2, 0.25) is 11.0 Å². The van der Waals surface area contributed by atoms with Crippen molar-refractivity contribution in [1.29, 1.82) is 0 Å². The van der Waals surface area contributed by atoms with Gasteiger partial charge in [0.05, 0.1) is 18.4 Å². The van der Waals surface area contributed by atoms with Gasteiger partial charge in [0.25, 0.3) is 0 Å². The fraction of sp³-hybridized carbons (Fsp3) is 0.385. The molecule has 0 aromatic carbocycles. The van der Waals surface area contributed by atoms with Crippen molar-refractivity contribution in [2.24, 2.45) is 0 Å². The van der Waals surface area contributed by atoms with Crippen molar-refractivity contribution in [3.05, 3.63) is 16.0 Å². The maximum atomic E-state index is 12.1. The van der Waals surface area contributed by atoms with Crippen molar-refractivity contribution in [2.75, 3.05) is 23.9 Å². The highest BCUT2D eigenvalue weighted by Gasteiger charge is 2.28. The van der Waals surface area contributed by atoms with Crippen molar-refractivity contribution >= 4 is 56.4 Å². The second-order valence-electron chi connectivity index (χ2n) is 4.80. The van der Waals surface area contributed by atoms with Crippen LogP contribution in [0.3, 0.4) is 0 Å². The molecule has 1 aliphatic carbocycles. The lowest BCUT2D eigenvalue weighted by molar-refractivity contribution is -0.113. The van der Waals surface area contributed by atoms with Crippen LogP contribution in [0.2, 0.25) is 0 Å². The van der Waals surface area contributed by atoms with Gasteiger partial charge < -0.3 is 15.8 Å². The van der Waals surface area contributed by atoms with E-state index in [1.807, 2.05) is 0 Å². The van der Waals surface area contributed by atoms with Crippen molar-refractivity contribution in [3.63, 3.8) is 0 Å². The molecule has 0 aliphatic heterocycles. The number of fused-ring (bicyclic) bond motifs is 1. The Balaban J connectivity index is 1.70. The van der Waals surface area contributed by atoms with Crippen LogP contribution in [0.25, 0.3) is 0 Å². The summed E-state index contributed by atoms with van der Waals surface area (Å²) in [5, 5.41) is 11.3. The van der Waals surface area contributed by atoms with Crippen molar-refractivity contribution < 1.29 is 14.3 Å². The first-order valence-electron chi connectivity index (χ1n) is 6.83. The van der Waals surface area contributed by atoms with Gasteiger partial charge in [0, 0.05) is 4.88 Å². The topological polar surface area (TPSA) is 107 Å². The Bertz CT molecular complexity index is 756. The number of rotatable bonds is 5. The molecule has 3 rings (SSSR count). The SMILES string of the molecule is COC(=O)c1c(NC(=O)CSc2nnc(N)s2)sc2c1CCC2. The zero-order valence-electron chi connectivity index (χ0n) is 12.2. The summed E-state index contributed by atoms with van der Waals surface area (Å²) < 4.78 is 5.49. The summed E-state index contributed by atoms with van der Waals surface area (Å²) in [6.07, 6.45) is 2.83. The third kappa shape index (κ3) is 3.48. The molecule has 0 fully saturated rings. The molecule has 0 unspecified atom stereocenters. The van der Waals surface area contributed by atoms with Gasteiger partial charge in [-0.1, -0.05) is 23.1 Å². The summed E-state index contributed by atoms with van der Waals surface area (Å²) in [7, 11) is 1.35. The van der Waals surface area contributed by atoms with Crippen LogP contribution in [0.1, 0.15) is 27.2 Å². The third-order valence-electron chi connectivity index (χ3n) is 3.31. The summed E-state index contributed by atoms with van der Waals surface area (Å²) in [5.74, 6) is -0.421. The first-order valence-corrected chi connectivity index (χ1v) is 9.45. The van der Waals surface area contributed by atoms with Crippen LogP contribution in [-0.2, 0) is 22.4 Å². The standard InChI is InChI=1S/C13H14N4O3S3/c1-20-11(19)9-6-3-2-4-7(6)22-10(9)15-8(18)5-21-13-17-16-12(14)23-13/h2-5H2,1H3,(H2,14,16)(H,15,18). The maximum Gasteiger partial charge on any atom is 0.341 e. The van der Waals surface area contributed by atoms with Crippen LogP contribution in [0.15, 0.2) is 4.34 Å². The third-order valence-corrected chi connectivity index (χ3v) is 6.41. The summed E-state index contributed by atoms with van der Waals surface area (Å²) in [6, 6.07) is 0. The number of hydrogen-bond acceptors (Lipinski definition) is 9. The fourth-order valence-electron chi connectivity index (χ4n) is 2.38. The number of aromatic nitrogens is 2. The van der Waals surface area contributed by atoms with Gasteiger partial charge in [-0.25, -0.2) is 4.79 Å². The van der Waals surface area contributed by atoms with E-state index in [-0.39, 0.29) is 11.7 Å². The maximum absolute atomic E-state index is 12.1. The quantitative estimate of drug-likeness (QED) is 0.613. The highest BCUT2D eigenvalue weighted by Crippen LogP contribution is 2.39. The smallest absolute Gasteiger partial charge is 0.341 e. The molecule has 2 aromatic rings. The van der Waals surface area contributed by atoms with Gasteiger partial charge >= 0.3 is 5.97 Å². The van der Waals surface area contributed by atoms with Crippen molar-refractivity contribution in [2.45, 2.75) is 23.6 Å². The summed E-state index contributed by atoms with van der Waals surface area (Å²) in [5.41, 5.74) is 7.02. The number of hydrogen-bond donors (Lipinski definition) is 2. The van der Waals surface area contributed by atoms with Crippen molar-refractivity contribution in [1.82, 2.24) is 10.2 Å². The Hall–Kier alpha value is -1.65. The molecule has 122 valence electrons. The lowest BCUT2D eigenvalue weighted by atomic mass is 10.1. The molecule has 1 aliphatic rings. The Morgan fingerprint density at radius 1 is 1.35 bits per heavy atom. The van der Waals surface area contributed by atoms with Crippen LogP contribution >= 0.6 is 34.4 Å². The van der Waals surface area contributed by atoms with Gasteiger partial charge in [-0.2, -0.15) is 0 Å². The average molecular weight is 370 g/mol. The molecule has 0 saturated heterocycles. The van der Waals surface area contributed by atoms with Gasteiger partial charge in [-0.15, -0.1) is 21.5 Å². The van der Waals surface area contributed by atoms with Crippen molar-refractivity contribution in [3.8, 4) is 0 Å². The minimum atomic E-state index is -0.399. The predicted octanol–water partition coefficient (Wildman–Crippen LogP) is 2.19. The predicted molar refractivity (Wildman–Crippen MR) is 91.4 cm³/mol. The molecular weight excluding hydrogens is 356 g/mol. The summed E-state index contributed by atoms with van der Waals surface area (Å²) in [6.45, 7) is 0. The number of carbonyl (C=O) groups excluding carboxylic acids is 2. The van der Waals surface area contributed by atoms with E-state index in [2.05, 4.69) is 15.5 Å². The number of anilines is 2. The Morgan fingerprint density at radius 2 is 2.17 bits per heavy atom. The second-order valence-corrected chi connectivity index (χ2v) is 8.13. The van der Waals surface area contributed by atoms with E-state index in [1.54, 1.807) is 0 Å². The monoisotopic (exact) mass is 370 g/mol. The van der Waals surface area contributed by atoms with Crippen LogP contribution in [-0.4, -0.2) is 34.9 Å². The minimum Gasteiger partial charge on any atom is -0.465 e. The zero-order chi connectivity index (χ0) is 16.4. The fourth-order valence-corrected chi connectivity index (χ4v) is 5.11. The molecule has 0 saturated carbocycles. The number of esters is 1. The van der Waals surface area contributed by atoms with E-state index in [4.69, 9.17) is 10.5 Å². The number of thioether (sulfide) groups is 1. The van der Waals surface area contributed by atoms with Gasteiger partial charge in [-0.3, -0.25) is 4.79 Å². The molecule has 0 bridgehead atoms. The first-order chi connectivity index (χ1) is 11.1. The first kappa shape index (κ1) is 16.2.